The van der Waals surface area contributed by atoms with E-state index in [1.165, 1.54) is 13.3 Å². The van der Waals surface area contributed by atoms with Gasteiger partial charge in [-0.05, 0) is 12.8 Å². The molecule has 6 nitrogen and oxygen atoms in total. The Morgan fingerprint density at radius 2 is 2.42 bits per heavy atom. The van der Waals surface area contributed by atoms with E-state index in [0.717, 1.165) is 26.0 Å². The third-order valence-corrected chi connectivity index (χ3v) is 3.32. The quantitative estimate of drug-likeness (QED) is 0.813. The van der Waals surface area contributed by atoms with Crippen LogP contribution >= 0.6 is 0 Å². The van der Waals surface area contributed by atoms with Gasteiger partial charge in [-0.3, -0.25) is 4.98 Å². The highest BCUT2D eigenvalue weighted by Crippen LogP contribution is 2.23. The highest BCUT2D eigenvalue weighted by atomic mass is 16.5. The molecule has 1 fully saturated rings. The van der Waals surface area contributed by atoms with Crippen molar-refractivity contribution in [2.75, 3.05) is 25.6 Å². The summed E-state index contributed by atoms with van der Waals surface area (Å²) in [6.07, 6.45) is 5.37. The van der Waals surface area contributed by atoms with E-state index in [2.05, 4.69) is 26.9 Å². The molecule has 0 aromatic carbocycles. The van der Waals surface area contributed by atoms with Crippen LogP contribution in [0.25, 0.3) is 0 Å². The first-order valence-electron chi connectivity index (χ1n) is 6.50. The van der Waals surface area contributed by atoms with Gasteiger partial charge in [-0.15, -0.1) is 0 Å². The second-order valence-electron chi connectivity index (χ2n) is 4.53. The van der Waals surface area contributed by atoms with E-state index in [-0.39, 0.29) is 5.69 Å². The molecule has 1 aliphatic rings. The maximum atomic E-state index is 11.4. The van der Waals surface area contributed by atoms with Crippen molar-refractivity contribution in [1.29, 1.82) is 0 Å². The Hall–Kier alpha value is -1.69. The first kappa shape index (κ1) is 13.7. The van der Waals surface area contributed by atoms with Crippen LogP contribution < -0.4 is 5.32 Å². The van der Waals surface area contributed by atoms with Crippen LogP contribution in [0.4, 0.5) is 5.82 Å². The SMILES string of the molecule is CCC1OCCC1CNc1cncc(C(=O)OC)n1. The van der Waals surface area contributed by atoms with Crippen molar-refractivity contribution >= 4 is 11.8 Å². The van der Waals surface area contributed by atoms with Crippen LogP contribution in [-0.2, 0) is 9.47 Å². The van der Waals surface area contributed by atoms with E-state index in [1.54, 1.807) is 6.20 Å². The van der Waals surface area contributed by atoms with Gasteiger partial charge >= 0.3 is 5.97 Å². The smallest absolute Gasteiger partial charge is 0.358 e. The van der Waals surface area contributed by atoms with Gasteiger partial charge in [0.15, 0.2) is 5.69 Å². The van der Waals surface area contributed by atoms with Crippen molar-refractivity contribution in [2.24, 2.45) is 5.92 Å². The molecule has 1 N–H and O–H groups in total. The number of carbonyl (C=O) groups excluding carboxylic acids is 1. The van der Waals surface area contributed by atoms with E-state index in [9.17, 15) is 4.79 Å². The summed E-state index contributed by atoms with van der Waals surface area (Å²) < 4.78 is 10.2. The van der Waals surface area contributed by atoms with Gasteiger partial charge in [0.25, 0.3) is 0 Å². The van der Waals surface area contributed by atoms with Crippen LogP contribution in [0.15, 0.2) is 12.4 Å². The molecular weight excluding hydrogens is 246 g/mol. The average molecular weight is 265 g/mol. The van der Waals surface area contributed by atoms with E-state index < -0.39 is 5.97 Å². The standard InChI is InChI=1S/C13H19N3O3/c1-3-11-9(4-5-19-11)6-15-12-8-14-7-10(16-12)13(17)18-2/h7-9,11H,3-6H2,1-2H3,(H,15,16). The van der Waals surface area contributed by atoms with Crippen molar-refractivity contribution in [1.82, 2.24) is 9.97 Å². The van der Waals surface area contributed by atoms with Gasteiger partial charge in [0, 0.05) is 19.1 Å². The molecule has 1 aromatic rings. The molecule has 0 bridgehead atoms. The van der Waals surface area contributed by atoms with Crippen molar-refractivity contribution < 1.29 is 14.3 Å². The predicted molar refractivity (Wildman–Crippen MR) is 70.0 cm³/mol. The molecule has 2 heterocycles. The fourth-order valence-corrected chi connectivity index (χ4v) is 2.27. The lowest BCUT2D eigenvalue weighted by Crippen LogP contribution is -2.23. The van der Waals surface area contributed by atoms with Crippen LogP contribution in [0, 0.1) is 5.92 Å². The molecular formula is C13H19N3O3. The Labute approximate surface area is 112 Å². The number of esters is 1. The number of rotatable bonds is 5. The van der Waals surface area contributed by atoms with Gasteiger partial charge in [-0.1, -0.05) is 6.92 Å². The number of methoxy groups -OCH3 is 1. The first-order valence-corrected chi connectivity index (χ1v) is 6.50. The molecule has 2 unspecified atom stereocenters. The summed E-state index contributed by atoms with van der Waals surface area (Å²) in [6, 6.07) is 0. The number of ether oxygens (including phenoxy) is 2. The Kier molecular flexibility index (Phi) is 4.68. The van der Waals surface area contributed by atoms with Gasteiger partial charge < -0.3 is 14.8 Å². The number of hydrogen-bond acceptors (Lipinski definition) is 6. The molecule has 2 rings (SSSR count). The summed E-state index contributed by atoms with van der Waals surface area (Å²) in [6.45, 7) is 3.72. The molecule has 1 aliphatic heterocycles. The van der Waals surface area contributed by atoms with Crippen molar-refractivity contribution in [3.05, 3.63) is 18.1 Å². The minimum atomic E-state index is -0.480. The normalized spacial score (nSPS) is 22.2. The fourth-order valence-electron chi connectivity index (χ4n) is 2.27. The van der Waals surface area contributed by atoms with E-state index in [4.69, 9.17) is 4.74 Å². The lowest BCUT2D eigenvalue weighted by atomic mass is 10.00. The van der Waals surface area contributed by atoms with E-state index in [1.807, 2.05) is 0 Å². The molecule has 0 amide bonds. The van der Waals surface area contributed by atoms with Crippen LogP contribution in [-0.4, -0.2) is 42.3 Å². The number of aromatic nitrogens is 2. The monoisotopic (exact) mass is 265 g/mol. The van der Waals surface area contributed by atoms with Crippen molar-refractivity contribution in [2.45, 2.75) is 25.9 Å². The van der Waals surface area contributed by atoms with Gasteiger partial charge in [0.2, 0.25) is 0 Å². The highest BCUT2D eigenvalue weighted by Gasteiger charge is 2.26. The summed E-state index contributed by atoms with van der Waals surface area (Å²) >= 11 is 0. The van der Waals surface area contributed by atoms with Gasteiger partial charge in [0.1, 0.15) is 5.82 Å². The van der Waals surface area contributed by atoms with E-state index in [0.29, 0.717) is 17.8 Å². The third kappa shape index (κ3) is 3.41. The zero-order chi connectivity index (χ0) is 13.7. The van der Waals surface area contributed by atoms with E-state index >= 15 is 0 Å². The Balaban J connectivity index is 1.94. The summed E-state index contributed by atoms with van der Waals surface area (Å²) in [7, 11) is 1.33. The summed E-state index contributed by atoms with van der Waals surface area (Å²) in [5.74, 6) is 0.588. The van der Waals surface area contributed by atoms with Crippen LogP contribution in [0.1, 0.15) is 30.3 Å². The highest BCUT2D eigenvalue weighted by molar-refractivity contribution is 5.87. The Morgan fingerprint density at radius 1 is 1.58 bits per heavy atom. The molecule has 19 heavy (non-hydrogen) atoms. The zero-order valence-electron chi connectivity index (χ0n) is 11.3. The number of hydrogen-bond donors (Lipinski definition) is 1. The largest absolute Gasteiger partial charge is 0.464 e. The summed E-state index contributed by atoms with van der Waals surface area (Å²) in [5, 5.41) is 3.21. The lowest BCUT2D eigenvalue weighted by Gasteiger charge is -2.17. The summed E-state index contributed by atoms with van der Waals surface area (Å²) in [5.41, 5.74) is 0.210. The maximum Gasteiger partial charge on any atom is 0.358 e. The minimum Gasteiger partial charge on any atom is -0.464 e. The summed E-state index contributed by atoms with van der Waals surface area (Å²) in [4.78, 5) is 19.5. The number of anilines is 1. The average Bonchev–Trinajstić information content (AvgIpc) is 2.92. The fraction of sp³-hybridized carbons (Fsp3) is 0.615. The number of carbonyl (C=O) groups is 1. The molecule has 2 atom stereocenters. The predicted octanol–water partition coefficient (Wildman–Crippen LogP) is 1.49. The topological polar surface area (TPSA) is 73.3 Å². The van der Waals surface area contributed by atoms with Crippen molar-refractivity contribution in [3.8, 4) is 0 Å². The second-order valence-corrected chi connectivity index (χ2v) is 4.53. The van der Waals surface area contributed by atoms with Crippen molar-refractivity contribution in [3.63, 3.8) is 0 Å². The number of nitrogens with zero attached hydrogens (tertiary/aromatic N) is 2. The molecule has 1 saturated heterocycles. The van der Waals surface area contributed by atoms with Gasteiger partial charge in [-0.25, -0.2) is 9.78 Å². The maximum absolute atomic E-state index is 11.4. The second kappa shape index (κ2) is 6.47. The molecule has 0 radical (unpaired) electrons. The van der Waals surface area contributed by atoms with Crippen LogP contribution in [0.3, 0.4) is 0 Å². The molecule has 0 spiro atoms. The van der Waals surface area contributed by atoms with Crippen LogP contribution in [0.5, 0.6) is 0 Å². The molecule has 0 saturated carbocycles. The van der Waals surface area contributed by atoms with Crippen LogP contribution in [0.2, 0.25) is 0 Å². The molecule has 104 valence electrons. The molecule has 6 heteroatoms. The molecule has 1 aromatic heterocycles. The minimum absolute atomic E-state index is 0.210. The number of nitrogens with one attached hydrogen (secondary N) is 1. The lowest BCUT2D eigenvalue weighted by molar-refractivity contribution is 0.0593. The Morgan fingerprint density at radius 3 is 3.16 bits per heavy atom. The Bertz CT molecular complexity index is 439. The molecule has 0 aliphatic carbocycles. The van der Waals surface area contributed by atoms with Gasteiger partial charge in [-0.2, -0.15) is 0 Å². The van der Waals surface area contributed by atoms with Gasteiger partial charge in [0.05, 0.1) is 25.6 Å². The zero-order valence-corrected chi connectivity index (χ0v) is 11.3. The first-order chi connectivity index (χ1) is 9.24. The third-order valence-electron chi connectivity index (χ3n) is 3.32.